The first kappa shape index (κ1) is 13.4. The van der Waals surface area contributed by atoms with Crippen molar-refractivity contribution in [3.63, 3.8) is 0 Å². The Kier molecular flexibility index (Phi) is 3.49. The molecule has 2 aromatic heterocycles. The van der Waals surface area contributed by atoms with E-state index in [4.69, 9.17) is 5.26 Å². The lowest BCUT2D eigenvalue weighted by Crippen LogP contribution is -2.06. The van der Waals surface area contributed by atoms with E-state index >= 15 is 0 Å². The zero-order valence-electron chi connectivity index (χ0n) is 12.3. The lowest BCUT2D eigenvalue weighted by Gasteiger charge is -2.08. The molecule has 1 aromatic carbocycles. The van der Waals surface area contributed by atoms with Crippen LogP contribution in [0.2, 0.25) is 0 Å². The molecule has 3 rings (SSSR count). The first-order valence-corrected chi connectivity index (χ1v) is 7.24. The number of hydrogen-bond acceptors (Lipinski definition) is 2. The maximum atomic E-state index is 9.03. The predicted molar refractivity (Wildman–Crippen MR) is 83.0 cm³/mol. The Hall–Kier alpha value is -2.54. The van der Waals surface area contributed by atoms with Crippen LogP contribution in [0.4, 0.5) is 0 Å². The number of nitrogens with zero attached hydrogens (tertiary/aromatic N) is 4. The van der Waals surface area contributed by atoms with E-state index in [1.807, 2.05) is 35.3 Å². The third-order valence-electron chi connectivity index (χ3n) is 3.94. The van der Waals surface area contributed by atoms with E-state index in [0.29, 0.717) is 11.6 Å². The molecule has 0 spiro atoms. The lowest BCUT2D eigenvalue weighted by atomic mass is 10.2. The van der Waals surface area contributed by atoms with Crippen molar-refractivity contribution < 1.29 is 0 Å². The van der Waals surface area contributed by atoms with E-state index < -0.39 is 0 Å². The fourth-order valence-corrected chi connectivity index (χ4v) is 2.46. The highest BCUT2D eigenvalue weighted by Gasteiger charge is 2.07. The van der Waals surface area contributed by atoms with Gasteiger partial charge in [-0.15, -0.1) is 0 Å². The van der Waals surface area contributed by atoms with Crippen molar-refractivity contribution in [3.05, 3.63) is 54.0 Å². The SMILES string of the molecule is CCC(C)n1ccc(Cn2ccc3ccc(C#N)cc32)n1. The van der Waals surface area contributed by atoms with Crippen LogP contribution in [0.5, 0.6) is 0 Å². The van der Waals surface area contributed by atoms with Gasteiger partial charge in [0.2, 0.25) is 0 Å². The summed E-state index contributed by atoms with van der Waals surface area (Å²) in [6, 6.07) is 12.5. The Morgan fingerprint density at radius 3 is 2.86 bits per heavy atom. The molecule has 4 nitrogen and oxygen atoms in total. The molecular formula is C17H18N4. The van der Waals surface area contributed by atoms with Crippen molar-refractivity contribution in [2.45, 2.75) is 32.9 Å². The van der Waals surface area contributed by atoms with E-state index in [1.54, 1.807) is 0 Å². The van der Waals surface area contributed by atoms with Crippen molar-refractivity contribution in [2.75, 3.05) is 0 Å². The Morgan fingerprint density at radius 1 is 1.24 bits per heavy atom. The molecule has 0 amide bonds. The van der Waals surface area contributed by atoms with Gasteiger partial charge in [0.1, 0.15) is 0 Å². The normalized spacial score (nSPS) is 12.4. The molecule has 0 aliphatic heterocycles. The smallest absolute Gasteiger partial charge is 0.0992 e. The zero-order valence-corrected chi connectivity index (χ0v) is 12.3. The second-order valence-corrected chi connectivity index (χ2v) is 5.37. The molecule has 0 saturated carbocycles. The minimum atomic E-state index is 0.422. The summed E-state index contributed by atoms with van der Waals surface area (Å²) in [5, 5.41) is 14.8. The lowest BCUT2D eigenvalue weighted by molar-refractivity contribution is 0.472. The second-order valence-electron chi connectivity index (χ2n) is 5.37. The highest BCUT2D eigenvalue weighted by atomic mass is 15.3. The summed E-state index contributed by atoms with van der Waals surface area (Å²) in [6.07, 6.45) is 5.16. The van der Waals surface area contributed by atoms with Crippen LogP contribution in [0.1, 0.15) is 37.6 Å². The topological polar surface area (TPSA) is 46.5 Å². The van der Waals surface area contributed by atoms with Crippen LogP contribution in [0.3, 0.4) is 0 Å². The van der Waals surface area contributed by atoms with Crippen LogP contribution in [-0.2, 0) is 6.54 Å². The Bertz CT molecular complexity index is 804. The summed E-state index contributed by atoms with van der Waals surface area (Å²) in [6.45, 7) is 5.05. The summed E-state index contributed by atoms with van der Waals surface area (Å²) in [5.41, 5.74) is 2.80. The summed E-state index contributed by atoms with van der Waals surface area (Å²) in [7, 11) is 0. The third kappa shape index (κ3) is 2.55. The van der Waals surface area contributed by atoms with Crippen molar-refractivity contribution in [1.29, 1.82) is 5.26 Å². The quantitative estimate of drug-likeness (QED) is 0.730. The summed E-state index contributed by atoms with van der Waals surface area (Å²) < 4.78 is 4.15. The third-order valence-corrected chi connectivity index (χ3v) is 3.94. The summed E-state index contributed by atoms with van der Waals surface area (Å²) >= 11 is 0. The van der Waals surface area contributed by atoms with Gasteiger partial charge in [-0.1, -0.05) is 13.0 Å². The number of fused-ring (bicyclic) bond motifs is 1. The molecule has 0 aliphatic carbocycles. The van der Waals surface area contributed by atoms with Gasteiger partial charge in [-0.05, 0) is 43.0 Å². The molecular weight excluding hydrogens is 260 g/mol. The van der Waals surface area contributed by atoms with Crippen molar-refractivity contribution in [3.8, 4) is 6.07 Å². The molecule has 1 unspecified atom stereocenters. The number of rotatable bonds is 4. The average molecular weight is 278 g/mol. The van der Waals surface area contributed by atoms with Crippen molar-refractivity contribution >= 4 is 10.9 Å². The van der Waals surface area contributed by atoms with Gasteiger partial charge in [0.15, 0.2) is 0 Å². The molecule has 3 aromatic rings. The highest BCUT2D eigenvalue weighted by molar-refractivity contribution is 5.81. The van der Waals surface area contributed by atoms with Crippen molar-refractivity contribution in [1.82, 2.24) is 14.3 Å². The molecule has 0 radical (unpaired) electrons. The maximum Gasteiger partial charge on any atom is 0.0992 e. The van der Waals surface area contributed by atoms with Crippen molar-refractivity contribution in [2.24, 2.45) is 0 Å². The number of hydrogen-bond donors (Lipinski definition) is 0. The number of nitriles is 1. The first-order chi connectivity index (χ1) is 10.2. The molecule has 21 heavy (non-hydrogen) atoms. The second kappa shape index (κ2) is 5.45. The van der Waals surface area contributed by atoms with E-state index in [-0.39, 0.29) is 0 Å². The Labute approximate surface area is 124 Å². The van der Waals surface area contributed by atoms with Gasteiger partial charge in [-0.25, -0.2) is 0 Å². The summed E-state index contributed by atoms with van der Waals surface area (Å²) in [5.74, 6) is 0. The van der Waals surface area contributed by atoms with Crippen LogP contribution in [-0.4, -0.2) is 14.3 Å². The van der Waals surface area contributed by atoms with Crippen LogP contribution in [0.25, 0.3) is 10.9 Å². The fourth-order valence-electron chi connectivity index (χ4n) is 2.46. The first-order valence-electron chi connectivity index (χ1n) is 7.24. The van der Waals surface area contributed by atoms with Crippen LogP contribution in [0.15, 0.2) is 42.7 Å². The largest absolute Gasteiger partial charge is 0.341 e. The van der Waals surface area contributed by atoms with E-state index in [2.05, 4.69) is 41.7 Å². The zero-order chi connectivity index (χ0) is 14.8. The molecule has 0 aliphatic rings. The minimum absolute atomic E-state index is 0.422. The van der Waals surface area contributed by atoms with Gasteiger partial charge in [-0.3, -0.25) is 4.68 Å². The monoisotopic (exact) mass is 278 g/mol. The molecule has 2 heterocycles. The molecule has 106 valence electrons. The maximum absolute atomic E-state index is 9.03. The Morgan fingerprint density at radius 2 is 2.10 bits per heavy atom. The van der Waals surface area contributed by atoms with Gasteiger partial charge >= 0.3 is 0 Å². The molecule has 0 fully saturated rings. The van der Waals surface area contributed by atoms with Crippen LogP contribution in [0, 0.1) is 11.3 Å². The fraction of sp³-hybridized carbons (Fsp3) is 0.294. The molecule has 0 N–H and O–H groups in total. The van der Waals surface area contributed by atoms with E-state index in [9.17, 15) is 0 Å². The van der Waals surface area contributed by atoms with Gasteiger partial charge in [0.25, 0.3) is 0 Å². The standard InChI is InChI=1S/C17H18N4/c1-3-13(2)21-9-7-16(19-21)12-20-8-6-15-5-4-14(11-18)10-17(15)20/h4-10,13H,3,12H2,1-2H3. The molecule has 1 atom stereocenters. The van der Waals surface area contributed by atoms with Gasteiger partial charge in [0.05, 0.1) is 23.9 Å². The molecule has 0 bridgehead atoms. The predicted octanol–water partition coefficient (Wildman–Crippen LogP) is 3.73. The van der Waals surface area contributed by atoms with Crippen LogP contribution < -0.4 is 0 Å². The molecule has 0 saturated heterocycles. The molecule has 4 heteroatoms. The van der Waals surface area contributed by atoms with E-state index in [0.717, 1.165) is 29.6 Å². The summed E-state index contributed by atoms with van der Waals surface area (Å²) in [4.78, 5) is 0. The highest BCUT2D eigenvalue weighted by Crippen LogP contribution is 2.19. The Balaban J connectivity index is 1.91. The van der Waals surface area contributed by atoms with Gasteiger partial charge < -0.3 is 4.57 Å². The van der Waals surface area contributed by atoms with Crippen LogP contribution >= 0.6 is 0 Å². The minimum Gasteiger partial charge on any atom is -0.341 e. The van der Waals surface area contributed by atoms with Gasteiger partial charge in [-0.2, -0.15) is 10.4 Å². The average Bonchev–Trinajstić information content (AvgIpc) is 3.14. The van der Waals surface area contributed by atoms with Gasteiger partial charge in [0, 0.05) is 24.0 Å². The van der Waals surface area contributed by atoms with E-state index in [1.165, 1.54) is 0 Å². The number of aromatic nitrogens is 3. The number of benzene rings is 1.